The van der Waals surface area contributed by atoms with Gasteiger partial charge in [-0.25, -0.2) is 0 Å². The lowest BCUT2D eigenvalue weighted by Crippen LogP contribution is -2.13. The Morgan fingerprint density at radius 2 is 2.06 bits per heavy atom. The Balaban J connectivity index is 2.94. The maximum absolute atomic E-state index is 12.4. The van der Waals surface area contributed by atoms with Gasteiger partial charge in [-0.3, -0.25) is 4.79 Å². The molecule has 0 aromatic heterocycles. The number of alkyl halides is 3. The van der Waals surface area contributed by atoms with Gasteiger partial charge in [0, 0.05) is 0 Å². The first kappa shape index (κ1) is 13.8. The van der Waals surface area contributed by atoms with Crippen molar-refractivity contribution >= 4 is 17.6 Å². The molecular formula is C11H10ClF3O2. The summed E-state index contributed by atoms with van der Waals surface area (Å²) >= 11 is 5.51. The van der Waals surface area contributed by atoms with Crippen molar-refractivity contribution in [3.63, 3.8) is 0 Å². The highest BCUT2D eigenvalue weighted by Crippen LogP contribution is 2.35. The van der Waals surface area contributed by atoms with Gasteiger partial charge in [0.2, 0.25) is 0 Å². The van der Waals surface area contributed by atoms with Crippen LogP contribution in [0, 0.1) is 5.92 Å². The van der Waals surface area contributed by atoms with Crippen LogP contribution in [0.1, 0.15) is 18.1 Å². The lowest BCUT2D eigenvalue weighted by molar-refractivity contribution is -0.141. The van der Waals surface area contributed by atoms with Crippen molar-refractivity contribution in [2.75, 3.05) is 0 Å². The summed E-state index contributed by atoms with van der Waals surface area (Å²) in [5.74, 6) is -1.66. The zero-order chi connectivity index (χ0) is 13.2. The molecule has 0 saturated carbocycles. The minimum Gasteiger partial charge on any atom is -0.481 e. The lowest BCUT2D eigenvalue weighted by Gasteiger charge is -2.11. The van der Waals surface area contributed by atoms with Crippen LogP contribution in [0.5, 0.6) is 0 Å². The normalized spacial score (nSPS) is 13.5. The SMILES string of the molecule is CC(Cc1ccc(C(F)(F)F)c(Cl)c1)C(=O)O. The average molecular weight is 267 g/mol. The van der Waals surface area contributed by atoms with Gasteiger partial charge in [-0.2, -0.15) is 13.2 Å². The minimum absolute atomic E-state index is 0.146. The number of rotatable bonds is 3. The summed E-state index contributed by atoms with van der Waals surface area (Å²) in [7, 11) is 0. The summed E-state index contributed by atoms with van der Waals surface area (Å²) in [5.41, 5.74) is -0.441. The molecule has 0 bridgehead atoms. The van der Waals surface area contributed by atoms with Crippen molar-refractivity contribution in [2.24, 2.45) is 5.92 Å². The molecule has 0 radical (unpaired) electrons. The Hall–Kier alpha value is -1.23. The standard InChI is InChI=1S/C11H10ClF3O2/c1-6(10(16)17)4-7-2-3-8(9(12)5-7)11(13,14)15/h2-3,5-6H,4H2,1H3,(H,16,17). The summed E-state index contributed by atoms with van der Waals surface area (Å²) < 4.78 is 37.2. The van der Waals surface area contributed by atoms with E-state index in [2.05, 4.69) is 0 Å². The molecule has 0 heterocycles. The van der Waals surface area contributed by atoms with Crippen LogP contribution in [0.3, 0.4) is 0 Å². The monoisotopic (exact) mass is 266 g/mol. The van der Waals surface area contributed by atoms with Crippen molar-refractivity contribution in [3.05, 3.63) is 34.3 Å². The fourth-order valence-electron chi connectivity index (χ4n) is 1.36. The predicted octanol–water partition coefficient (Wildman–Crippen LogP) is 3.62. The number of benzene rings is 1. The fraction of sp³-hybridized carbons (Fsp3) is 0.364. The molecule has 0 aliphatic heterocycles. The molecule has 0 aliphatic carbocycles. The van der Waals surface area contributed by atoms with E-state index in [1.54, 1.807) is 0 Å². The number of hydrogen-bond acceptors (Lipinski definition) is 1. The highest BCUT2D eigenvalue weighted by Gasteiger charge is 2.33. The number of hydrogen-bond donors (Lipinski definition) is 1. The first-order valence-electron chi connectivity index (χ1n) is 4.80. The molecule has 6 heteroatoms. The third-order valence-corrected chi connectivity index (χ3v) is 2.62. The van der Waals surface area contributed by atoms with Crippen LogP contribution in [0.2, 0.25) is 5.02 Å². The zero-order valence-electron chi connectivity index (χ0n) is 8.88. The number of carboxylic acids is 1. The van der Waals surface area contributed by atoms with Gasteiger partial charge < -0.3 is 5.11 Å². The fourth-order valence-corrected chi connectivity index (χ4v) is 1.67. The van der Waals surface area contributed by atoms with Crippen LogP contribution in [0.25, 0.3) is 0 Å². The molecule has 2 nitrogen and oxygen atoms in total. The van der Waals surface area contributed by atoms with Gasteiger partial charge >= 0.3 is 12.1 Å². The molecule has 1 aromatic rings. The van der Waals surface area contributed by atoms with Crippen molar-refractivity contribution in [1.82, 2.24) is 0 Å². The van der Waals surface area contributed by atoms with E-state index in [1.807, 2.05) is 0 Å². The van der Waals surface area contributed by atoms with Gasteiger partial charge in [-0.1, -0.05) is 24.6 Å². The van der Waals surface area contributed by atoms with E-state index in [0.717, 1.165) is 12.1 Å². The molecule has 1 N–H and O–H groups in total. The van der Waals surface area contributed by atoms with Crippen LogP contribution >= 0.6 is 11.6 Å². The van der Waals surface area contributed by atoms with Crippen LogP contribution in [0.15, 0.2) is 18.2 Å². The van der Waals surface area contributed by atoms with Crippen molar-refractivity contribution < 1.29 is 23.1 Å². The van der Waals surface area contributed by atoms with E-state index in [9.17, 15) is 18.0 Å². The second kappa shape index (κ2) is 4.96. The predicted molar refractivity (Wildman–Crippen MR) is 57.0 cm³/mol. The molecule has 17 heavy (non-hydrogen) atoms. The largest absolute Gasteiger partial charge is 0.481 e. The molecule has 0 amide bonds. The van der Waals surface area contributed by atoms with Gasteiger partial charge in [0.15, 0.2) is 0 Å². The molecule has 94 valence electrons. The molecule has 0 fully saturated rings. The topological polar surface area (TPSA) is 37.3 Å². The van der Waals surface area contributed by atoms with Gasteiger partial charge in [0.05, 0.1) is 16.5 Å². The smallest absolute Gasteiger partial charge is 0.417 e. The van der Waals surface area contributed by atoms with Crippen LogP contribution in [0.4, 0.5) is 13.2 Å². The molecule has 0 spiro atoms. The van der Waals surface area contributed by atoms with Crippen LogP contribution in [-0.4, -0.2) is 11.1 Å². The Bertz CT molecular complexity index is 429. The molecule has 0 saturated heterocycles. The second-order valence-electron chi connectivity index (χ2n) is 3.76. The Morgan fingerprint density at radius 1 is 1.47 bits per heavy atom. The van der Waals surface area contributed by atoms with E-state index < -0.39 is 28.6 Å². The van der Waals surface area contributed by atoms with Gasteiger partial charge in [0.1, 0.15) is 0 Å². The molecule has 1 aromatic carbocycles. The van der Waals surface area contributed by atoms with E-state index in [-0.39, 0.29) is 6.42 Å². The summed E-state index contributed by atoms with van der Waals surface area (Å²) in [6.45, 7) is 1.48. The molecular weight excluding hydrogens is 257 g/mol. The summed E-state index contributed by atoms with van der Waals surface area (Å²) in [5, 5.41) is 8.27. The Morgan fingerprint density at radius 3 is 2.47 bits per heavy atom. The summed E-state index contributed by atoms with van der Waals surface area (Å²) in [6, 6.07) is 3.27. The second-order valence-corrected chi connectivity index (χ2v) is 4.16. The average Bonchev–Trinajstić information content (AvgIpc) is 2.15. The highest BCUT2D eigenvalue weighted by molar-refractivity contribution is 6.31. The first-order chi connectivity index (χ1) is 7.71. The Labute approximate surface area is 101 Å². The third kappa shape index (κ3) is 3.63. The minimum atomic E-state index is -4.49. The van der Waals surface area contributed by atoms with E-state index in [4.69, 9.17) is 16.7 Å². The van der Waals surface area contributed by atoms with Crippen LogP contribution < -0.4 is 0 Å². The Kier molecular flexibility index (Phi) is 4.03. The molecule has 1 unspecified atom stereocenters. The van der Waals surface area contributed by atoms with Gasteiger partial charge in [0.25, 0.3) is 0 Å². The van der Waals surface area contributed by atoms with Crippen molar-refractivity contribution in [3.8, 4) is 0 Å². The van der Waals surface area contributed by atoms with E-state index in [0.29, 0.717) is 5.56 Å². The van der Waals surface area contributed by atoms with E-state index >= 15 is 0 Å². The number of carbonyl (C=O) groups is 1. The summed E-state index contributed by atoms with van der Waals surface area (Å²) in [6.07, 6.45) is -4.35. The van der Waals surface area contributed by atoms with Crippen LogP contribution in [-0.2, 0) is 17.4 Å². The zero-order valence-corrected chi connectivity index (χ0v) is 9.64. The summed E-state index contributed by atoms with van der Waals surface area (Å²) in [4.78, 5) is 10.6. The number of carboxylic acid groups (broad SMARTS) is 1. The van der Waals surface area contributed by atoms with Crippen molar-refractivity contribution in [2.45, 2.75) is 19.5 Å². The van der Waals surface area contributed by atoms with E-state index in [1.165, 1.54) is 13.0 Å². The maximum Gasteiger partial charge on any atom is 0.417 e. The molecule has 0 aliphatic rings. The van der Waals surface area contributed by atoms with Crippen molar-refractivity contribution in [1.29, 1.82) is 0 Å². The molecule has 1 atom stereocenters. The van der Waals surface area contributed by atoms with Gasteiger partial charge in [-0.15, -0.1) is 0 Å². The lowest BCUT2D eigenvalue weighted by atomic mass is 10.00. The quantitative estimate of drug-likeness (QED) is 0.907. The maximum atomic E-state index is 12.4. The van der Waals surface area contributed by atoms with Gasteiger partial charge in [-0.05, 0) is 24.1 Å². The number of aliphatic carboxylic acids is 1. The number of halogens is 4. The highest BCUT2D eigenvalue weighted by atomic mass is 35.5. The third-order valence-electron chi connectivity index (χ3n) is 2.30. The molecule has 1 rings (SSSR count). The first-order valence-corrected chi connectivity index (χ1v) is 5.18.